The first-order valence-electron chi connectivity index (χ1n) is 10.6. The van der Waals surface area contributed by atoms with E-state index < -0.39 is 27.6 Å². The molecule has 0 saturated carbocycles. The fraction of sp³-hybridized carbons (Fsp3) is 0.304. The second kappa shape index (κ2) is 8.26. The van der Waals surface area contributed by atoms with Crippen molar-refractivity contribution in [2.45, 2.75) is 31.9 Å². The van der Waals surface area contributed by atoms with Crippen molar-refractivity contribution in [3.05, 3.63) is 66.0 Å². The summed E-state index contributed by atoms with van der Waals surface area (Å²) in [5.74, 6) is -0.424. The van der Waals surface area contributed by atoms with Crippen molar-refractivity contribution in [2.24, 2.45) is 0 Å². The topological polar surface area (TPSA) is 89.9 Å². The summed E-state index contributed by atoms with van der Waals surface area (Å²) in [6.45, 7) is 1.73. The molecule has 2 aromatic heterocycles. The zero-order valence-electron chi connectivity index (χ0n) is 17.8. The lowest BCUT2D eigenvalue weighted by molar-refractivity contribution is 0.226. The smallest absolute Gasteiger partial charge is 0.150 e. The molecule has 0 radical (unpaired) electrons. The number of hydrogen-bond acceptors (Lipinski definition) is 5. The molecule has 10 heteroatoms. The average Bonchev–Trinajstić information content (AvgIpc) is 3.40. The van der Waals surface area contributed by atoms with Gasteiger partial charge in [0, 0.05) is 23.2 Å². The molecule has 5 rings (SSSR count). The number of aromatic amines is 1. The SMILES string of the molecule is CC(Oc1ccc2[nH]nc(-c3cnn(C4CCS(=O)(=O)CC4)c3)c2c1)c1cc(F)cc(F)c1. The van der Waals surface area contributed by atoms with Crippen LogP contribution in [0.2, 0.25) is 0 Å². The van der Waals surface area contributed by atoms with Crippen LogP contribution in [0.15, 0.2) is 48.8 Å². The number of sulfone groups is 1. The molecule has 3 heterocycles. The summed E-state index contributed by atoms with van der Waals surface area (Å²) >= 11 is 0. The third-order valence-corrected chi connectivity index (χ3v) is 7.69. The van der Waals surface area contributed by atoms with Crippen LogP contribution >= 0.6 is 0 Å². The molecule has 0 spiro atoms. The van der Waals surface area contributed by atoms with Crippen molar-refractivity contribution in [1.29, 1.82) is 0 Å². The number of benzene rings is 2. The van der Waals surface area contributed by atoms with E-state index in [1.54, 1.807) is 19.2 Å². The van der Waals surface area contributed by atoms with Gasteiger partial charge in [-0.15, -0.1) is 0 Å². The molecular formula is C23H22F2N4O3S. The Labute approximate surface area is 189 Å². The third kappa shape index (κ3) is 4.47. The fourth-order valence-corrected chi connectivity index (χ4v) is 5.64. The second-order valence-electron chi connectivity index (χ2n) is 8.33. The molecule has 1 aliphatic rings. The highest BCUT2D eigenvalue weighted by Gasteiger charge is 2.25. The highest BCUT2D eigenvalue weighted by molar-refractivity contribution is 7.91. The minimum absolute atomic E-state index is 0.0406. The summed E-state index contributed by atoms with van der Waals surface area (Å²) in [6, 6.07) is 8.79. The van der Waals surface area contributed by atoms with Crippen molar-refractivity contribution < 1.29 is 21.9 Å². The largest absolute Gasteiger partial charge is 0.486 e. The maximum Gasteiger partial charge on any atom is 0.150 e. The third-order valence-electron chi connectivity index (χ3n) is 5.97. The van der Waals surface area contributed by atoms with Crippen LogP contribution in [0.5, 0.6) is 5.75 Å². The summed E-state index contributed by atoms with van der Waals surface area (Å²) in [4.78, 5) is 0. The Hall–Kier alpha value is -3.27. The summed E-state index contributed by atoms with van der Waals surface area (Å²) in [6.07, 6.45) is 4.12. The first-order chi connectivity index (χ1) is 15.8. The Morgan fingerprint density at radius 1 is 1.12 bits per heavy atom. The van der Waals surface area contributed by atoms with Crippen LogP contribution < -0.4 is 4.74 Å². The van der Waals surface area contributed by atoms with E-state index >= 15 is 0 Å². The van der Waals surface area contributed by atoms with Gasteiger partial charge in [-0.25, -0.2) is 17.2 Å². The van der Waals surface area contributed by atoms with Gasteiger partial charge in [0.25, 0.3) is 0 Å². The molecular weight excluding hydrogens is 450 g/mol. The lowest BCUT2D eigenvalue weighted by atomic mass is 10.1. The number of H-pyrrole nitrogens is 1. The normalized spacial score (nSPS) is 17.3. The zero-order valence-corrected chi connectivity index (χ0v) is 18.6. The van der Waals surface area contributed by atoms with Crippen LogP contribution in [0.25, 0.3) is 22.2 Å². The predicted molar refractivity (Wildman–Crippen MR) is 120 cm³/mol. The Bertz CT molecular complexity index is 1400. The Balaban J connectivity index is 1.39. The summed E-state index contributed by atoms with van der Waals surface area (Å²) in [5, 5.41) is 12.7. The molecule has 1 aliphatic heterocycles. The molecule has 1 fully saturated rings. The molecule has 1 N–H and O–H groups in total. The number of rotatable bonds is 5. The van der Waals surface area contributed by atoms with Crippen molar-refractivity contribution in [2.75, 3.05) is 11.5 Å². The molecule has 4 aromatic rings. The number of fused-ring (bicyclic) bond motifs is 1. The number of nitrogens with one attached hydrogen (secondary N) is 1. The zero-order chi connectivity index (χ0) is 23.2. The molecule has 33 heavy (non-hydrogen) atoms. The lowest BCUT2D eigenvalue weighted by Crippen LogP contribution is -2.25. The van der Waals surface area contributed by atoms with Gasteiger partial charge in [0.2, 0.25) is 0 Å². The molecule has 7 nitrogen and oxygen atoms in total. The van der Waals surface area contributed by atoms with Crippen LogP contribution in [-0.2, 0) is 9.84 Å². The monoisotopic (exact) mass is 472 g/mol. The van der Waals surface area contributed by atoms with Gasteiger partial charge < -0.3 is 4.74 Å². The van der Waals surface area contributed by atoms with Gasteiger partial charge in [0.05, 0.1) is 29.3 Å². The molecule has 1 unspecified atom stereocenters. The van der Waals surface area contributed by atoms with Crippen molar-refractivity contribution in [3.8, 4) is 17.0 Å². The van der Waals surface area contributed by atoms with E-state index in [4.69, 9.17) is 4.74 Å². The van der Waals surface area contributed by atoms with Gasteiger partial charge in [-0.05, 0) is 55.7 Å². The minimum Gasteiger partial charge on any atom is -0.486 e. The Morgan fingerprint density at radius 3 is 2.58 bits per heavy atom. The van der Waals surface area contributed by atoms with E-state index in [-0.39, 0.29) is 17.5 Å². The number of aromatic nitrogens is 4. The van der Waals surface area contributed by atoms with Crippen LogP contribution in [0.1, 0.15) is 37.5 Å². The van der Waals surface area contributed by atoms with Crippen molar-refractivity contribution in [3.63, 3.8) is 0 Å². The molecule has 0 bridgehead atoms. The average molecular weight is 473 g/mol. The lowest BCUT2D eigenvalue weighted by Gasteiger charge is -2.22. The van der Waals surface area contributed by atoms with Gasteiger partial charge in [-0.1, -0.05) is 0 Å². The van der Waals surface area contributed by atoms with Crippen LogP contribution in [0, 0.1) is 11.6 Å². The van der Waals surface area contributed by atoms with Crippen LogP contribution in [0.4, 0.5) is 8.78 Å². The van der Waals surface area contributed by atoms with Crippen molar-refractivity contribution >= 4 is 20.7 Å². The van der Waals surface area contributed by atoms with E-state index in [2.05, 4.69) is 15.3 Å². The number of ether oxygens (including phenoxy) is 1. The molecule has 0 aliphatic carbocycles. The maximum atomic E-state index is 13.6. The van der Waals surface area contributed by atoms with Crippen LogP contribution in [0.3, 0.4) is 0 Å². The molecule has 2 aromatic carbocycles. The fourth-order valence-electron chi connectivity index (χ4n) is 4.17. The molecule has 0 amide bonds. The molecule has 172 valence electrons. The quantitative estimate of drug-likeness (QED) is 0.459. The standard InChI is InChI=1S/C23H22F2N4O3S/c1-14(15-8-17(24)10-18(25)9-15)32-20-2-3-22-21(11-20)23(28-27-22)16-12-26-29(13-16)19-4-6-33(30,31)7-5-19/h2-3,8-14,19H,4-7H2,1H3,(H,27,28). The van der Waals surface area contributed by atoms with Gasteiger partial charge in [0.1, 0.15) is 39.0 Å². The molecule has 1 saturated heterocycles. The first kappa shape index (κ1) is 21.6. The van der Waals surface area contributed by atoms with E-state index in [0.29, 0.717) is 29.8 Å². The minimum atomic E-state index is -2.94. The maximum absolute atomic E-state index is 13.6. The summed E-state index contributed by atoms with van der Waals surface area (Å²) in [5.41, 5.74) is 2.69. The van der Waals surface area contributed by atoms with E-state index in [1.807, 2.05) is 23.0 Å². The second-order valence-corrected chi connectivity index (χ2v) is 10.6. The van der Waals surface area contributed by atoms with E-state index in [1.165, 1.54) is 12.1 Å². The number of halogens is 2. The van der Waals surface area contributed by atoms with E-state index in [0.717, 1.165) is 22.5 Å². The summed E-state index contributed by atoms with van der Waals surface area (Å²) < 4.78 is 58.3. The highest BCUT2D eigenvalue weighted by Crippen LogP contribution is 2.32. The molecule has 1 atom stereocenters. The Morgan fingerprint density at radius 2 is 1.85 bits per heavy atom. The first-order valence-corrected chi connectivity index (χ1v) is 12.5. The van der Waals surface area contributed by atoms with E-state index in [9.17, 15) is 17.2 Å². The number of nitrogens with zero attached hydrogens (tertiary/aromatic N) is 3. The summed E-state index contributed by atoms with van der Waals surface area (Å²) in [7, 11) is -2.94. The van der Waals surface area contributed by atoms with Crippen LogP contribution in [-0.4, -0.2) is 39.9 Å². The van der Waals surface area contributed by atoms with Gasteiger partial charge >= 0.3 is 0 Å². The van der Waals surface area contributed by atoms with Gasteiger partial charge in [-0.2, -0.15) is 10.2 Å². The van der Waals surface area contributed by atoms with Crippen molar-refractivity contribution in [1.82, 2.24) is 20.0 Å². The highest BCUT2D eigenvalue weighted by atomic mass is 32.2. The Kier molecular flexibility index (Phi) is 5.40. The number of hydrogen-bond donors (Lipinski definition) is 1. The predicted octanol–water partition coefficient (Wildman–Crippen LogP) is 4.59. The van der Waals surface area contributed by atoms with Gasteiger partial charge in [-0.3, -0.25) is 9.78 Å². The van der Waals surface area contributed by atoms with Gasteiger partial charge in [0.15, 0.2) is 0 Å².